The van der Waals surface area contributed by atoms with E-state index in [1.807, 2.05) is 0 Å². The van der Waals surface area contributed by atoms with Crippen LogP contribution in [0.15, 0.2) is 0 Å². The molecule has 74 valence electrons. The van der Waals surface area contributed by atoms with Gasteiger partial charge in [0.05, 0.1) is 12.0 Å². The highest BCUT2D eigenvalue weighted by atomic mass is 16.3. The van der Waals surface area contributed by atoms with Crippen LogP contribution < -0.4 is 11.1 Å². The van der Waals surface area contributed by atoms with Gasteiger partial charge in [0, 0.05) is 0 Å². The molecule has 0 aromatic rings. The average Bonchev–Trinajstić information content (AvgIpc) is 2.76. The summed E-state index contributed by atoms with van der Waals surface area (Å²) in [6.07, 6.45) is 2.72. The summed E-state index contributed by atoms with van der Waals surface area (Å²) in [5.74, 6) is -0.322. The zero-order valence-corrected chi connectivity index (χ0v) is 7.68. The summed E-state index contributed by atoms with van der Waals surface area (Å²) in [6, 6.07) is 0. The van der Waals surface area contributed by atoms with Gasteiger partial charge in [0.25, 0.3) is 0 Å². The van der Waals surface area contributed by atoms with Crippen molar-refractivity contribution in [3.8, 4) is 0 Å². The molecular formula is C9H16N2O2. The second-order valence-electron chi connectivity index (χ2n) is 4.31. The van der Waals surface area contributed by atoms with E-state index in [2.05, 4.69) is 5.32 Å². The molecule has 0 aromatic heterocycles. The predicted octanol–water partition coefficient (Wildman–Crippen LogP) is -0.776. The lowest BCUT2D eigenvalue weighted by molar-refractivity contribution is -0.126. The van der Waals surface area contributed by atoms with Gasteiger partial charge in [-0.05, 0) is 37.8 Å². The molecule has 1 aliphatic carbocycles. The van der Waals surface area contributed by atoms with Gasteiger partial charge in [0.1, 0.15) is 0 Å². The maximum absolute atomic E-state index is 11.2. The quantitative estimate of drug-likeness (QED) is 0.527. The Bertz CT molecular complexity index is 236. The molecule has 2 rings (SSSR count). The third-order valence-electron chi connectivity index (χ3n) is 3.83. The molecule has 4 heteroatoms. The second-order valence-corrected chi connectivity index (χ2v) is 4.31. The van der Waals surface area contributed by atoms with Crippen LogP contribution in [0.1, 0.15) is 19.3 Å². The number of primary amides is 1. The molecule has 2 aliphatic rings. The van der Waals surface area contributed by atoms with E-state index in [-0.39, 0.29) is 17.9 Å². The number of amides is 1. The lowest BCUT2D eigenvalue weighted by Crippen LogP contribution is -2.39. The summed E-state index contributed by atoms with van der Waals surface area (Å²) in [5.41, 5.74) is 4.77. The van der Waals surface area contributed by atoms with Crippen molar-refractivity contribution in [3.63, 3.8) is 0 Å². The van der Waals surface area contributed by atoms with Crippen LogP contribution in [0, 0.1) is 10.8 Å². The van der Waals surface area contributed by atoms with E-state index in [0.29, 0.717) is 0 Å². The van der Waals surface area contributed by atoms with Crippen molar-refractivity contribution in [3.05, 3.63) is 0 Å². The third-order valence-corrected chi connectivity index (χ3v) is 3.83. The highest BCUT2D eigenvalue weighted by Crippen LogP contribution is 2.67. The topological polar surface area (TPSA) is 75.4 Å². The van der Waals surface area contributed by atoms with Crippen molar-refractivity contribution < 1.29 is 9.90 Å². The zero-order valence-electron chi connectivity index (χ0n) is 7.68. The van der Waals surface area contributed by atoms with Gasteiger partial charge in [-0.1, -0.05) is 0 Å². The Morgan fingerprint density at radius 2 is 2.08 bits per heavy atom. The van der Waals surface area contributed by atoms with Gasteiger partial charge in [0.2, 0.25) is 5.91 Å². The van der Waals surface area contributed by atoms with Gasteiger partial charge in [-0.2, -0.15) is 0 Å². The van der Waals surface area contributed by atoms with E-state index in [1.54, 1.807) is 0 Å². The SMILES string of the molecule is NC(=O)C1(CO)CC12CCNCC2. The van der Waals surface area contributed by atoms with Gasteiger partial charge in [-0.3, -0.25) is 4.79 Å². The minimum absolute atomic E-state index is 0.0266. The Labute approximate surface area is 77.5 Å². The summed E-state index contributed by atoms with van der Waals surface area (Å²) >= 11 is 0. The van der Waals surface area contributed by atoms with Crippen LogP contribution in [0.5, 0.6) is 0 Å². The van der Waals surface area contributed by atoms with E-state index in [0.717, 1.165) is 32.4 Å². The maximum atomic E-state index is 11.2. The molecule has 1 spiro atoms. The number of rotatable bonds is 2. The number of nitrogens with one attached hydrogen (secondary N) is 1. The van der Waals surface area contributed by atoms with E-state index in [9.17, 15) is 9.90 Å². The molecule has 1 heterocycles. The number of aliphatic hydroxyl groups is 1. The number of carbonyl (C=O) groups excluding carboxylic acids is 1. The van der Waals surface area contributed by atoms with Crippen LogP contribution in [0.2, 0.25) is 0 Å². The molecular weight excluding hydrogens is 168 g/mol. The van der Waals surface area contributed by atoms with E-state index < -0.39 is 5.41 Å². The van der Waals surface area contributed by atoms with Crippen LogP contribution in [-0.2, 0) is 4.79 Å². The van der Waals surface area contributed by atoms with Crippen molar-refractivity contribution in [2.45, 2.75) is 19.3 Å². The summed E-state index contributed by atoms with van der Waals surface area (Å²) in [6.45, 7) is 1.80. The number of nitrogens with two attached hydrogens (primary N) is 1. The molecule has 1 saturated carbocycles. The van der Waals surface area contributed by atoms with Crippen LogP contribution in [0.3, 0.4) is 0 Å². The average molecular weight is 184 g/mol. The molecule has 4 nitrogen and oxygen atoms in total. The van der Waals surface area contributed by atoms with Crippen LogP contribution in [0.25, 0.3) is 0 Å². The number of aliphatic hydroxyl groups excluding tert-OH is 1. The molecule has 1 aliphatic heterocycles. The molecule has 0 bridgehead atoms. The van der Waals surface area contributed by atoms with Crippen molar-refractivity contribution in [1.29, 1.82) is 0 Å². The monoisotopic (exact) mass is 184 g/mol. The second kappa shape index (κ2) is 2.69. The van der Waals surface area contributed by atoms with Gasteiger partial charge < -0.3 is 16.2 Å². The molecule has 1 amide bonds. The summed E-state index contributed by atoms with van der Waals surface area (Å²) in [5, 5.41) is 12.5. The van der Waals surface area contributed by atoms with Crippen LogP contribution >= 0.6 is 0 Å². The first-order valence-electron chi connectivity index (χ1n) is 4.78. The van der Waals surface area contributed by atoms with Gasteiger partial charge in [-0.15, -0.1) is 0 Å². The molecule has 1 atom stereocenters. The van der Waals surface area contributed by atoms with Crippen molar-refractivity contribution in [2.75, 3.05) is 19.7 Å². The normalized spacial score (nSPS) is 36.1. The van der Waals surface area contributed by atoms with E-state index in [4.69, 9.17) is 5.73 Å². The minimum atomic E-state index is -0.588. The summed E-state index contributed by atoms with van der Waals surface area (Å²) in [4.78, 5) is 11.2. The fourth-order valence-electron chi connectivity index (χ4n) is 2.74. The molecule has 13 heavy (non-hydrogen) atoms. The highest BCUT2D eigenvalue weighted by molar-refractivity contribution is 5.85. The fourth-order valence-corrected chi connectivity index (χ4v) is 2.74. The number of hydrogen-bond donors (Lipinski definition) is 3. The molecule has 0 radical (unpaired) electrons. The Morgan fingerprint density at radius 3 is 2.46 bits per heavy atom. The van der Waals surface area contributed by atoms with Crippen molar-refractivity contribution in [2.24, 2.45) is 16.6 Å². The van der Waals surface area contributed by atoms with E-state index >= 15 is 0 Å². The Morgan fingerprint density at radius 1 is 1.46 bits per heavy atom. The molecule has 1 unspecified atom stereocenters. The summed E-state index contributed by atoms with van der Waals surface area (Å²) in [7, 11) is 0. The lowest BCUT2D eigenvalue weighted by Gasteiger charge is -2.26. The van der Waals surface area contributed by atoms with Gasteiger partial charge in [0.15, 0.2) is 0 Å². The maximum Gasteiger partial charge on any atom is 0.226 e. The first-order chi connectivity index (χ1) is 6.17. The lowest BCUT2D eigenvalue weighted by atomic mass is 9.84. The van der Waals surface area contributed by atoms with Crippen molar-refractivity contribution >= 4 is 5.91 Å². The summed E-state index contributed by atoms with van der Waals surface area (Å²) < 4.78 is 0. The van der Waals surface area contributed by atoms with Crippen LogP contribution in [0.4, 0.5) is 0 Å². The largest absolute Gasteiger partial charge is 0.395 e. The molecule has 2 fully saturated rings. The van der Waals surface area contributed by atoms with Gasteiger partial charge >= 0.3 is 0 Å². The number of hydrogen-bond acceptors (Lipinski definition) is 3. The smallest absolute Gasteiger partial charge is 0.226 e. The van der Waals surface area contributed by atoms with Crippen molar-refractivity contribution in [1.82, 2.24) is 5.32 Å². The van der Waals surface area contributed by atoms with Gasteiger partial charge in [-0.25, -0.2) is 0 Å². The first-order valence-corrected chi connectivity index (χ1v) is 4.78. The zero-order chi connectivity index (χ0) is 9.53. The number of piperidine rings is 1. The highest BCUT2D eigenvalue weighted by Gasteiger charge is 2.70. The fraction of sp³-hybridized carbons (Fsp3) is 0.889. The Hall–Kier alpha value is -0.610. The first kappa shape index (κ1) is 8.97. The standard InChI is InChI=1S/C9H16N2O2/c10-7(13)9(6-12)5-8(9)1-3-11-4-2-8/h11-12H,1-6H2,(H2,10,13). The van der Waals surface area contributed by atoms with E-state index in [1.165, 1.54) is 0 Å². The Kier molecular flexibility index (Phi) is 1.85. The Balaban J connectivity index is 2.15. The molecule has 0 aromatic carbocycles. The third kappa shape index (κ3) is 1.02. The molecule has 4 N–H and O–H groups in total. The predicted molar refractivity (Wildman–Crippen MR) is 47.9 cm³/mol. The van der Waals surface area contributed by atoms with Crippen LogP contribution in [-0.4, -0.2) is 30.7 Å². The molecule has 1 saturated heterocycles. The minimum Gasteiger partial charge on any atom is -0.395 e. The number of carbonyl (C=O) groups is 1.